The van der Waals surface area contributed by atoms with Gasteiger partial charge in [-0.25, -0.2) is 13.1 Å². The van der Waals surface area contributed by atoms with Crippen molar-refractivity contribution < 1.29 is 23.2 Å². The molecule has 1 atom stereocenters. The molecule has 0 bridgehead atoms. The predicted octanol–water partition coefficient (Wildman–Crippen LogP) is 1.31. The molecule has 0 aliphatic carbocycles. The lowest BCUT2D eigenvalue weighted by Gasteiger charge is -2.13. The Morgan fingerprint density at radius 1 is 1.36 bits per heavy atom. The van der Waals surface area contributed by atoms with Crippen LogP contribution in [0.25, 0.3) is 0 Å². The summed E-state index contributed by atoms with van der Waals surface area (Å²) in [5, 5.41) is 19.5. The molecule has 0 spiro atoms. The summed E-state index contributed by atoms with van der Waals surface area (Å²) >= 11 is 0. The van der Waals surface area contributed by atoms with Crippen molar-refractivity contribution in [3.05, 3.63) is 39.9 Å². The van der Waals surface area contributed by atoms with Crippen molar-refractivity contribution >= 4 is 21.7 Å². The first kappa shape index (κ1) is 18.1. The first-order chi connectivity index (χ1) is 10.2. The lowest BCUT2D eigenvalue weighted by molar-refractivity contribution is -0.384. The molecule has 0 heterocycles. The predicted molar refractivity (Wildman–Crippen MR) is 80.1 cm³/mol. The lowest BCUT2D eigenvalue weighted by Crippen LogP contribution is -2.41. The number of carboxylic acids is 1. The Balaban J connectivity index is 2.65. The number of hydrogen-bond donors (Lipinski definition) is 2. The van der Waals surface area contributed by atoms with Crippen LogP contribution in [0.1, 0.15) is 25.3 Å². The molecule has 22 heavy (non-hydrogen) atoms. The van der Waals surface area contributed by atoms with Gasteiger partial charge in [0.15, 0.2) is 0 Å². The van der Waals surface area contributed by atoms with Gasteiger partial charge in [0, 0.05) is 12.1 Å². The van der Waals surface area contributed by atoms with Crippen LogP contribution in [0.5, 0.6) is 0 Å². The van der Waals surface area contributed by atoms with Gasteiger partial charge >= 0.3 is 5.97 Å². The highest BCUT2D eigenvalue weighted by Gasteiger charge is 2.22. The minimum absolute atomic E-state index is 0.0707. The van der Waals surface area contributed by atoms with E-state index in [0.717, 1.165) is 0 Å². The van der Waals surface area contributed by atoms with Gasteiger partial charge in [-0.2, -0.15) is 0 Å². The molecule has 9 heteroatoms. The van der Waals surface area contributed by atoms with Crippen LogP contribution in [0.3, 0.4) is 0 Å². The maximum Gasteiger partial charge on any atom is 0.321 e. The molecule has 0 aliphatic heterocycles. The highest BCUT2D eigenvalue weighted by Crippen LogP contribution is 2.12. The summed E-state index contributed by atoms with van der Waals surface area (Å²) in [6, 6.07) is 4.42. The number of benzene rings is 1. The standard InChI is InChI=1S/C13H18N2O6S/c1-2-3-12(13(16)17)14-22(20,21)9-8-10-4-6-11(7-5-10)15(18)19/h4-7,12,14H,2-3,8-9H2,1H3,(H,16,17). The molecule has 0 saturated heterocycles. The molecule has 8 nitrogen and oxygen atoms in total. The Kier molecular flexibility index (Phi) is 6.44. The molecule has 0 saturated carbocycles. The zero-order valence-corrected chi connectivity index (χ0v) is 12.9. The van der Waals surface area contributed by atoms with E-state index in [1.807, 2.05) is 0 Å². The van der Waals surface area contributed by atoms with E-state index in [9.17, 15) is 23.3 Å². The summed E-state index contributed by atoms with van der Waals surface area (Å²) in [5.74, 6) is -1.49. The van der Waals surface area contributed by atoms with Gasteiger partial charge in [0.05, 0.1) is 10.7 Å². The van der Waals surface area contributed by atoms with Crippen LogP contribution in [0, 0.1) is 10.1 Å². The summed E-state index contributed by atoms with van der Waals surface area (Å²) in [7, 11) is -3.74. The fourth-order valence-electron chi connectivity index (χ4n) is 1.83. The van der Waals surface area contributed by atoms with E-state index in [2.05, 4.69) is 4.72 Å². The number of nitro groups is 1. The zero-order chi connectivity index (χ0) is 16.8. The minimum atomic E-state index is -3.74. The van der Waals surface area contributed by atoms with E-state index >= 15 is 0 Å². The molecule has 1 aromatic carbocycles. The smallest absolute Gasteiger partial charge is 0.321 e. The van der Waals surface area contributed by atoms with Crippen molar-refractivity contribution in [2.24, 2.45) is 0 Å². The topological polar surface area (TPSA) is 127 Å². The van der Waals surface area contributed by atoms with E-state index in [1.54, 1.807) is 6.92 Å². The molecular weight excluding hydrogens is 312 g/mol. The normalized spacial score (nSPS) is 12.8. The molecule has 0 aromatic heterocycles. The number of hydrogen-bond acceptors (Lipinski definition) is 5. The van der Waals surface area contributed by atoms with E-state index in [4.69, 9.17) is 5.11 Å². The Morgan fingerprint density at radius 3 is 2.41 bits per heavy atom. The quantitative estimate of drug-likeness (QED) is 0.519. The number of nitrogens with one attached hydrogen (secondary N) is 1. The summed E-state index contributed by atoms with van der Waals surface area (Å²) in [6.07, 6.45) is 0.903. The van der Waals surface area contributed by atoms with Crippen LogP contribution in [-0.2, 0) is 21.2 Å². The van der Waals surface area contributed by atoms with E-state index in [0.29, 0.717) is 12.0 Å². The number of non-ortho nitro benzene ring substituents is 1. The van der Waals surface area contributed by atoms with E-state index in [1.165, 1.54) is 24.3 Å². The van der Waals surface area contributed by atoms with Crippen molar-refractivity contribution in [2.45, 2.75) is 32.2 Å². The highest BCUT2D eigenvalue weighted by molar-refractivity contribution is 7.89. The van der Waals surface area contributed by atoms with Crippen molar-refractivity contribution in [2.75, 3.05) is 5.75 Å². The Morgan fingerprint density at radius 2 is 1.95 bits per heavy atom. The molecule has 0 radical (unpaired) electrons. The van der Waals surface area contributed by atoms with Gasteiger partial charge in [0.2, 0.25) is 10.0 Å². The Hall–Kier alpha value is -2.00. The van der Waals surface area contributed by atoms with E-state index in [-0.39, 0.29) is 24.3 Å². The van der Waals surface area contributed by atoms with Gasteiger partial charge in [-0.1, -0.05) is 25.5 Å². The van der Waals surface area contributed by atoms with Crippen LogP contribution in [0.2, 0.25) is 0 Å². The molecule has 1 unspecified atom stereocenters. The number of rotatable bonds is 9. The monoisotopic (exact) mass is 330 g/mol. The zero-order valence-electron chi connectivity index (χ0n) is 12.1. The van der Waals surface area contributed by atoms with Gasteiger partial charge in [0.1, 0.15) is 6.04 Å². The fourth-order valence-corrected chi connectivity index (χ4v) is 3.11. The molecule has 1 aromatic rings. The molecule has 122 valence electrons. The molecule has 0 fully saturated rings. The summed E-state index contributed by atoms with van der Waals surface area (Å²) in [6.45, 7) is 1.76. The number of sulfonamides is 1. The third kappa shape index (κ3) is 5.78. The molecule has 1 rings (SSSR count). The Labute approximate surface area is 128 Å². The maximum absolute atomic E-state index is 11.9. The summed E-state index contributed by atoms with van der Waals surface area (Å²) in [4.78, 5) is 20.9. The summed E-state index contributed by atoms with van der Waals surface area (Å²) < 4.78 is 25.9. The molecule has 2 N–H and O–H groups in total. The maximum atomic E-state index is 11.9. The van der Waals surface area contributed by atoms with Crippen LogP contribution in [-0.4, -0.2) is 36.2 Å². The van der Waals surface area contributed by atoms with Crippen molar-refractivity contribution in [1.29, 1.82) is 0 Å². The van der Waals surface area contributed by atoms with Crippen LogP contribution in [0.15, 0.2) is 24.3 Å². The third-order valence-electron chi connectivity index (χ3n) is 3.00. The van der Waals surface area contributed by atoms with Gasteiger partial charge in [-0.05, 0) is 18.4 Å². The summed E-state index contributed by atoms with van der Waals surface area (Å²) in [5.41, 5.74) is 0.553. The fraction of sp³-hybridized carbons (Fsp3) is 0.462. The van der Waals surface area contributed by atoms with Crippen molar-refractivity contribution in [3.8, 4) is 0 Å². The second-order valence-electron chi connectivity index (χ2n) is 4.79. The molecule has 0 amide bonds. The van der Waals surface area contributed by atoms with Gasteiger partial charge in [-0.3, -0.25) is 14.9 Å². The van der Waals surface area contributed by atoms with Crippen molar-refractivity contribution in [3.63, 3.8) is 0 Å². The SMILES string of the molecule is CCCC(NS(=O)(=O)CCc1ccc([N+](=O)[O-])cc1)C(=O)O. The van der Waals surface area contributed by atoms with Gasteiger partial charge in [-0.15, -0.1) is 0 Å². The number of aliphatic carboxylic acids is 1. The second kappa shape index (κ2) is 7.85. The molecular formula is C13H18N2O6S. The first-order valence-corrected chi connectivity index (χ1v) is 8.36. The van der Waals surface area contributed by atoms with Gasteiger partial charge < -0.3 is 5.11 Å². The van der Waals surface area contributed by atoms with Gasteiger partial charge in [0.25, 0.3) is 5.69 Å². The number of carboxylic acid groups (broad SMARTS) is 1. The highest BCUT2D eigenvalue weighted by atomic mass is 32.2. The van der Waals surface area contributed by atoms with Crippen LogP contribution < -0.4 is 4.72 Å². The van der Waals surface area contributed by atoms with Crippen LogP contribution >= 0.6 is 0 Å². The number of nitrogens with zero attached hydrogens (tertiary/aromatic N) is 1. The average Bonchev–Trinajstić information content (AvgIpc) is 2.45. The van der Waals surface area contributed by atoms with Crippen molar-refractivity contribution in [1.82, 2.24) is 4.72 Å². The second-order valence-corrected chi connectivity index (χ2v) is 6.66. The lowest BCUT2D eigenvalue weighted by atomic mass is 10.1. The van der Waals surface area contributed by atoms with E-state index < -0.39 is 27.0 Å². The third-order valence-corrected chi connectivity index (χ3v) is 4.39. The number of carbonyl (C=O) groups is 1. The largest absolute Gasteiger partial charge is 0.480 e. The number of aryl methyl sites for hydroxylation is 1. The van der Waals surface area contributed by atoms with Crippen LogP contribution in [0.4, 0.5) is 5.69 Å². The first-order valence-electron chi connectivity index (χ1n) is 6.71. The molecule has 0 aliphatic rings. The number of nitro benzene ring substituents is 1. The Bertz CT molecular complexity index is 626. The average molecular weight is 330 g/mol. The minimum Gasteiger partial charge on any atom is -0.480 e.